The number of hydrogen-bond donors (Lipinski definition) is 3. The summed E-state index contributed by atoms with van der Waals surface area (Å²) in [4.78, 5) is 17.9. The van der Waals surface area contributed by atoms with E-state index in [-0.39, 0.29) is 31.8 Å². The molecule has 3 aromatic rings. The molecule has 0 atom stereocenters. The number of aliphatic hydroxyl groups excluding tert-OH is 1. The first-order valence-electron chi connectivity index (χ1n) is 15.5. The van der Waals surface area contributed by atoms with Gasteiger partial charge in [-0.2, -0.15) is 5.10 Å². The monoisotopic (exact) mass is 628 g/mol. The highest BCUT2D eigenvalue weighted by Crippen LogP contribution is 2.54. The van der Waals surface area contributed by atoms with Crippen LogP contribution in [0.25, 0.3) is 10.9 Å². The van der Waals surface area contributed by atoms with Gasteiger partial charge in [0.15, 0.2) is 5.82 Å². The molecule has 2 saturated carbocycles. The van der Waals surface area contributed by atoms with E-state index in [0.717, 1.165) is 49.7 Å². The number of aliphatic hydroxyl groups is 1. The summed E-state index contributed by atoms with van der Waals surface area (Å²) in [6.45, 7) is 1.49. The molecule has 13 heteroatoms. The van der Waals surface area contributed by atoms with Crippen LogP contribution in [0.4, 0.5) is 31.7 Å². The zero-order chi connectivity index (χ0) is 30.7. The summed E-state index contributed by atoms with van der Waals surface area (Å²) >= 11 is 0. The van der Waals surface area contributed by atoms with Gasteiger partial charge in [-0.3, -0.25) is 14.2 Å². The maximum Gasteiger partial charge on any atom is 0.257 e. The Hall–Kier alpha value is -3.45. The number of anilines is 4. The van der Waals surface area contributed by atoms with Crippen LogP contribution in [0.15, 0.2) is 36.4 Å². The Labute approximate surface area is 255 Å². The van der Waals surface area contributed by atoms with Gasteiger partial charge >= 0.3 is 0 Å². The van der Waals surface area contributed by atoms with Crippen molar-refractivity contribution < 1.29 is 27.1 Å². The predicted molar refractivity (Wildman–Crippen MR) is 166 cm³/mol. The van der Waals surface area contributed by atoms with E-state index in [9.17, 15) is 22.0 Å². The number of piperidine rings is 2. The Morgan fingerprint density at radius 1 is 0.932 bits per heavy atom. The second kappa shape index (κ2) is 10.9. The second-order valence-electron chi connectivity index (χ2n) is 12.9. The van der Waals surface area contributed by atoms with Crippen molar-refractivity contribution in [3.05, 3.63) is 42.0 Å². The fourth-order valence-electron chi connectivity index (χ4n) is 6.58. The molecule has 4 aliphatic rings. The molecule has 10 nitrogen and oxygen atoms in total. The SMILES string of the molecule is O=C(Nc1ccc2c(c1)c(N1CCC(F)(F)CC1)nn2C1CC1)c1ccc(NS(=O)(=O)CCO)cc1N1CCC2(CC1)CC2. The van der Waals surface area contributed by atoms with Gasteiger partial charge in [-0.05, 0) is 80.3 Å². The Kier molecular flexibility index (Phi) is 7.23. The third-order valence-corrected chi connectivity index (χ3v) is 10.9. The van der Waals surface area contributed by atoms with Gasteiger partial charge in [0.1, 0.15) is 0 Å². The fraction of sp³-hybridized carbons (Fsp3) is 0.548. The highest BCUT2D eigenvalue weighted by Gasteiger charge is 2.44. The van der Waals surface area contributed by atoms with E-state index in [2.05, 4.69) is 14.9 Å². The minimum Gasteiger partial charge on any atom is -0.395 e. The van der Waals surface area contributed by atoms with E-state index < -0.39 is 28.3 Å². The molecule has 3 N–H and O–H groups in total. The summed E-state index contributed by atoms with van der Waals surface area (Å²) < 4.78 is 57.1. The maximum absolute atomic E-state index is 13.9. The van der Waals surface area contributed by atoms with Crippen LogP contribution >= 0.6 is 0 Å². The van der Waals surface area contributed by atoms with Gasteiger partial charge in [-0.1, -0.05) is 0 Å². The van der Waals surface area contributed by atoms with Gasteiger partial charge in [0, 0.05) is 50.1 Å². The highest BCUT2D eigenvalue weighted by atomic mass is 32.2. The minimum absolute atomic E-state index is 0.215. The maximum atomic E-state index is 13.9. The molecule has 2 saturated heterocycles. The molecule has 3 heterocycles. The first-order valence-corrected chi connectivity index (χ1v) is 17.2. The average molecular weight is 629 g/mol. The predicted octanol–water partition coefficient (Wildman–Crippen LogP) is 4.97. The zero-order valence-corrected chi connectivity index (χ0v) is 25.4. The largest absolute Gasteiger partial charge is 0.395 e. The van der Waals surface area contributed by atoms with Gasteiger partial charge in [-0.15, -0.1) is 0 Å². The topological polar surface area (TPSA) is 120 Å². The number of hydrogen-bond acceptors (Lipinski definition) is 7. The minimum atomic E-state index is -3.74. The van der Waals surface area contributed by atoms with Crippen molar-refractivity contribution in [3.63, 3.8) is 0 Å². The summed E-state index contributed by atoms with van der Waals surface area (Å²) in [6.07, 6.45) is 6.15. The number of nitrogens with zero attached hydrogens (tertiary/aromatic N) is 4. The van der Waals surface area contributed by atoms with Crippen LogP contribution in [0.3, 0.4) is 0 Å². The number of carbonyl (C=O) groups excluding carboxylic acids is 1. The Morgan fingerprint density at radius 2 is 1.61 bits per heavy atom. The lowest BCUT2D eigenvalue weighted by molar-refractivity contribution is -0.0221. The van der Waals surface area contributed by atoms with Crippen LogP contribution in [0.2, 0.25) is 0 Å². The number of halogens is 2. The summed E-state index contributed by atoms with van der Waals surface area (Å²) in [5.74, 6) is -2.74. The van der Waals surface area contributed by atoms with E-state index in [4.69, 9.17) is 10.2 Å². The van der Waals surface area contributed by atoms with Crippen LogP contribution in [-0.2, 0) is 10.0 Å². The third kappa shape index (κ3) is 5.95. The number of sulfonamides is 1. The quantitative estimate of drug-likeness (QED) is 0.306. The number of rotatable bonds is 9. The summed E-state index contributed by atoms with van der Waals surface area (Å²) in [5, 5.41) is 17.8. The molecular weight excluding hydrogens is 590 g/mol. The van der Waals surface area contributed by atoms with Crippen LogP contribution < -0.4 is 19.8 Å². The molecule has 1 spiro atoms. The molecule has 44 heavy (non-hydrogen) atoms. The first kappa shape index (κ1) is 29.3. The molecule has 1 amide bonds. The lowest BCUT2D eigenvalue weighted by atomic mass is 9.93. The van der Waals surface area contributed by atoms with Crippen molar-refractivity contribution in [1.29, 1.82) is 0 Å². The number of benzene rings is 2. The summed E-state index contributed by atoms with van der Waals surface area (Å²) in [5.41, 5.74) is 3.31. The number of aromatic nitrogens is 2. The molecular formula is C31H38F2N6O4S. The van der Waals surface area contributed by atoms with Gasteiger partial charge in [0.2, 0.25) is 10.0 Å². The van der Waals surface area contributed by atoms with Crippen LogP contribution in [0, 0.1) is 5.41 Å². The van der Waals surface area contributed by atoms with Crippen molar-refractivity contribution in [3.8, 4) is 0 Å². The Bertz CT molecular complexity index is 1680. The normalized spacial score (nSPS) is 21.1. The number of amides is 1. The summed E-state index contributed by atoms with van der Waals surface area (Å²) in [6, 6.07) is 10.8. The van der Waals surface area contributed by atoms with E-state index in [1.54, 1.807) is 18.2 Å². The van der Waals surface area contributed by atoms with E-state index >= 15 is 0 Å². The van der Waals surface area contributed by atoms with E-state index in [1.165, 1.54) is 12.8 Å². The second-order valence-corrected chi connectivity index (χ2v) is 14.7. The molecule has 0 radical (unpaired) electrons. The number of fused-ring (bicyclic) bond motifs is 1. The number of carbonyl (C=O) groups is 1. The molecule has 0 bridgehead atoms. The van der Waals surface area contributed by atoms with Gasteiger partial charge in [0.05, 0.1) is 40.9 Å². The smallest absolute Gasteiger partial charge is 0.257 e. The molecule has 7 rings (SSSR count). The molecule has 2 aromatic carbocycles. The van der Waals surface area contributed by atoms with Crippen molar-refractivity contribution in [2.75, 3.05) is 58.4 Å². The van der Waals surface area contributed by atoms with Gasteiger partial charge in [-0.25, -0.2) is 17.2 Å². The summed E-state index contributed by atoms with van der Waals surface area (Å²) in [7, 11) is -3.74. The molecule has 0 unspecified atom stereocenters. The average Bonchev–Trinajstić information content (AvgIpc) is 3.92. The van der Waals surface area contributed by atoms with Crippen LogP contribution in [0.5, 0.6) is 0 Å². The molecule has 2 aliphatic heterocycles. The highest BCUT2D eigenvalue weighted by molar-refractivity contribution is 7.92. The fourth-order valence-corrected chi connectivity index (χ4v) is 7.40. The number of nitrogens with one attached hydrogen (secondary N) is 2. The Morgan fingerprint density at radius 3 is 2.27 bits per heavy atom. The molecule has 1 aromatic heterocycles. The van der Waals surface area contributed by atoms with Crippen molar-refractivity contribution in [2.45, 2.75) is 63.3 Å². The standard InChI is InChI=1S/C31H38F2N6O4S/c32-31(33)11-15-38(16-12-31)28-25-19-21(2-6-26(25)39(35-28)23-3-4-23)34-29(41)24-5-1-22(36-44(42,43)18-17-40)20-27(24)37-13-9-30(7-8-30)10-14-37/h1-2,5-6,19-20,23,36,40H,3-4,7-18H2,(H,34,41). The number of alkyl halides is 2. The Balaban J connectivity index is 1.18. The van der Waals surface area contributed by atoms with Gasteiger partial charge in [0.25, 0.3) is 11.8 Å². The van der Waals surface area contributed by atoms with E-state index in [0.29, 0.717) is 39.9 Å². The lowest BCUT2D eigenvalue weighted by Crippen LogP contribution is -2.39. The van der Waals surface area contributed by atoms with Crippen LogP contribution in [-0.4, -0.2) is 73.7 Å². The lowest BCUT2D eigenvalue weighted by Gasteiger charge is -2.35. The zero-order valence-electron chi connectivity index (χ0n) is 24.6. The first-order chi connectivity index (χ1) is 21.0. The van der Waals surface area contributed by atoms with Crippen LogP contribution in [0.1, 0.15) is 67.8 Å². The van der Waals surface area contributed by atoms with Crippen molar-refractivity contribution >= 4 is 49.7 Å². The van der Waals surface area contributed by atoms with E-state index in [1.807, 2.05) is 27.8 Å². The van der Waals surface area contributed by atoms with Crippen molar-refractivity contribution in [1.82, 2.24) is 9.78 Å². The molecule has 236 valence electrons. The molecule has 4 fully saturated rings. The van der Waals surface area contributed by atoms with Gasteiger partial charge < -0.3 is 20.2 Å². The molecule has 2 aliphatic carbocycles. The third-order valence-electron chi connectivity index (χ3n) is 9.63. The van der Waals surface area contributed by atoms with Crippen molar-refractivity contribution in [2.24, 2.45) is 5.41 Å².